The molecule has 1 aliphatic heterocycles. The molecule has 1 fully saturated rings. The lowest BCUT2D eigenvalue weighted by molar-refractivity contribution is -0.138. The van der Waals surface area contributed by atoms with Crippen molar-refractivity contribution in [3.63, 3.8) is 0 Å². The Labute approximate surface area is 116 Å². The summed E-state index contributed by atoms with van der Waals surface area (Å²) in [4.78, 5) is 24.4. The second-order valence-electron chi connectivity index (χ2n) is 4.61. The highest BCUT2D eigenvalue weighted by Gasteiger charge is 2.28. The van der Waals surface area contributed by atoms with Gasteiger partial charge in [-0.1, -0.05) is 6.92 Å². The molecule has 0 spiro atoms. The van der Waals surface area contributed by atoms with E-state index in [0.717, 1.165) is 19.3 Å². The lowest BCUT2D eigenvalue weighted by Gasteiger charge is -2.34. The molecule has 0 aromatic carbocycles. The smallest absolute Gasteiger partial charge is 0.317 e. The molecule has 2 unspecified atom stereocenters. The van der Waals surface area contributed by atoms with Crippen LogP contribution in [0.15, 0.2) is 0 Å². The third-order valence-electron chi connectivity index (χ3n) is 3.23. The zero-order valence-electron chi connectivity index (χ0n) is 11.3. The molecule has 0 aromatic heterocycles. The molecule has 2 amide bonds. The van der Waals surface area contributed by atoms with Crippen LogP contribution in [0.1, 0.15) is 32.6 Å². The van der Waals surface area contributed by atoms with Crippen LogP contribution in [0, 0.1) is 0 Å². The number of carboxylic acid groups (broad SMARTS) is 1. The van der Waals surface area contributed by atoms with Crippen molar-refractivity contribution < 1.29 is 18.9 Å². The lowest BCUT2D eigenvalue weighted by Crippen LogP contribution is -2.50. The van der Waals surface area contributed by atoms with Gasteiger partial charge < -0.3 is 15.3 Å². The molecule has 0 radical (unpaired) electrons. The summed E-state index contributed by atoms with van der Waals surface area (Å²) in [5, 5.41) is 11.6. The predicted octanol–water partition coefficient (Wildman–Crippen LogP) is 0.794. The molecule has 1 heterocycles. The third-order valence-corrected chi connectivity index (χ3v) is 4.53. The van der Waals surface area contributed by atoms with Crippen LogP contribution in [-0.4, -0.2) is 56.9 Å². The van der Waals surface area contributed by atoms with E-state index in [1.54, 1.807) is 4.90 Å². The minimum atomic E-state index is -0.894. The molecule has 6 nitrogen and oxygen atoms in total. The highest BCUT2D eigenvalue weighted by molar-refractivity contribution is 7.84. The standard InChI is InChI=1S/C12H22N2O4S/c1-2-19(18)8-6-13-12(17)14-7-4-3-5-10(14)9-11(15)16/h10H,2-9H2,1H3,(H,13,17)(H,15,16). The first kappa shape index (κ1) is 15.9. The number of urea groups is 1. The molecule has 1 saturated heterocycles. The number of aliphatic carboxylic acids is 1. The van der Waals surface area contributed by atoms with Gasteiger partial charge in [-0.05, 0) is 19.3 Å². The summed E-state index contributed by atoms with van der Waals surface area (Å²) in [7, 11) is -0.894. The Bertz CT molecular complexity index is 349. The van der Waals surface area contributed by atoms with Gasteiger partial charge in [0, 0.05) is 41.4 Å². The van der Waals surface area contributed by atoms with Gasteiger partial charge in [0.2, 0.25) is 0 Å². The summed E-state index contributed by atoms with van der Waals surface area (Å²) < 4.78 is 11.2. The molecule has 0 saturated carbocycles. The Kier molecular flexibility index (Phi) is 6.83. The lowest BCUT2D eigenvalue weighted by atomic mass is 10.00. The highest BCUT2D eigenvalue weighted by atomic mass is 32.2. The van der Waals surface area contributed by atoms with E-state index in [1.807, 2.05) is 6.92 Å². The largest absolute Gasteiger partial charge is 0.481 e. The summed E-state index contributed by atoms with van der Waals surface area (Å²) >= 11 is 0. The van der Waals surface area contributed by atoms with E-state index in [-0.39, 0.29) is 18.5 Å². The van der Waals surface area contributed by atoms with E-state index >= 15 is 0 Å². The Morgan fingerprint density at radius 1 is 1.42 bits per heavy atom. The average molecular weight is 290 g/mol. The maximum Gasteiger partial charge on any atom is 0.317 e. The molecular formula is C12H22N2O4S. The van der Waals surface area contributed by atoms with Crippen LogP contribution in [-0.2, 0) is 15.6 Å². The van der Waals surface area contributed by atoms with Crippen LogP contribution in [0.4, 0.5) is 4.79 Å². The van der Waals surface area contributed by atoms with Gasteiger partial charge in [-0.25, -0.2) is 4.79 Å². The van der Waals surface area contributed by atoms with Crippen molar-refractivity contribution in [2.24, 2.45) is 0 Å². The van der Waals surface area contributed by atoms with Crippen LogP contribution < -0.4 is 5.32 Å². The Morgan fingerprint density at radius 3 is 2.79 bits per heavy atom. The quantitative estimate of drug-likeness (QED) is 0.757. The fourth-order valence-corrected chi connectivity index (χ4v) is 2.82. The number of rotatable bonds is 6. The van der Waals surface area contributed by atoms with Gasteiger partial charge in [-0.2, -0.15) is 0 Å². The molecule has 110 valence electrons. The first-order valence-corrected chi connectivity index (χ1v) is 8.14. The molecular weight excluding hydrogens is 268 g/mol. The average Bonchev–Trinajstić information content (AvgIpc) is 2.38. The minimum absolute atomic E-state index is 0.00564. The summed E-state index contributed by atoms with van der Waals surface area (Å²) in [6, 6.07) is -0.457. The molecule has 0 aliphatic carbocycles. The Balaban J connectivity index is 2.43. The van der Waals surface area contributed by atoms with Gasteiger partial charge in [-0.3, -0.25) is 9.00 Å². The van der Waals surface area contributed by atoms with Gasteiger partial charge in [0.15, 0.2) is 0 Å². The van der Waals surface area contributed by atoms with Crippen molar-refractivity contribution in [1.29, 1.82) is 0 Å². The molecule has 0 bridgehead atoms. The number of likely N-dealkylation sites (tertiary alicyclic amines) is 1. The molecule has 2 atom stereocenters. The number of carbonyl (C=O) groups is 2. The van der Waals surface area contributed by atoms with Crippen molar-refractivity contribution >= 4 is 22.8 Å². The van der Waals surface area contributed by atoms with Crippen molar-refractivity contribution in [2.45, 2.75) is 38.6 Å². The minimum Gasteiger partial charge on any atom is -0.481 e. The number of hydrogen-bond acceptors (Lipinski definition) is 3. The van der Waals surface area contributed by atoms with Crippen molar-refractivity contribution in [3.05, 3.63) is 0 Å². The summed E-state index contributed by atoms with van der Waals surface area (Å²) in [5.74, 6) is 0.151. The number of nitrogens with zero attached hydrogens (tertiary/aromatic N) is 1. The molecule has 2 N–H and O–H groups in total. The number of amides is 2. The number of hydrogen-bond donors (Lipinski definition) is 2. The second-order valence-corrected chi connectivity index (χ2v) is 6.47. The Morgan fingerprint density at radius 2 is 2.16 bits per heavy atom. The van der Waals surface area contributed by atoms with Gasteiger partial charge in [0.1, 0.15) is 0 Å². The molecule has 7 heteroatoms. The summed E-state index contributed by atoms with van der Waals surface area (Å²) in [6.45, 7) is 2.81. The van der Waals surface area contributed by atoms with Gasteiger partial charge >= 0.3 is 12.0 Å². The maximum atomic E-state index is 12.0. The first-order valence-electron chi connectivity index (χ1n) is 6.65. The van der Waals surface area contributed by atoms with E-state index in [4.69, 9.17) is 5.11 Å². The topological polar surface area (TPSA) is 86.7 Å². The number of carbonyl (C=O) groups excluding carboxylic acids is 1. The fraction of sp³-hybridized carbons (Fsp3) is 0.833. The van der Waals surface area contributed by atoms with Crippen LogP contribution in [0.25, 0.3) is 0 Å². The van der Waals surface area contributed by atoms with Crippen LogP contribution in [0.5, 0.6) is 0 Å². The fourth-order valence-electron chi connectivity index (χ4n) is 2.20. The second kappa shape index (κ2) is 8.14. The summed E-state index contributed by atoms with van der Waals surface area (Å²) in [6.07, 6.45) is 2.60. The SMILES string of the molecule is CCS(=O)CCNC(=O)N1CCCCC1CC(=O)O. The van der Waals surface area contributed by atoms with E-state index in [2.05, 4.69) is 5.32 Å². The van der Waals surface area contributed by atoms with Gasteiger partial charge in [-0.15, -0.1) is 0 Å². The van der Waals surface area contributed by atoms with E-state index in [1.165, 1.54) is 0 Å². The van der Waals surface area contributed by atoms with Gasteiger partial charge in [0.05, 0.1) is 6.42 Å². The van der Waals surface area contributed by atoms with Crippen LogP contribution in [0.3, 0.4) is 0 Å². The molecule has 1 rings (SSSR count). The number of piperidine rings is 1. The van der Waals surface area contributed by atoms with E-state index < -0.39 is 16.8 Å². The van der Waals surface area contributed by atoms with Crippen LogP contribution >= 0.6 is 0 Å². The van der Waals surface area contributed by atoms with E-state index in [0.29, 0.717) is 24.6 Å². The number of carboxylic acids is 1. The zero-order chi connectivity index (χ0) is 14.3. The molecule has 1 aliphatic rings. The van der Waals surface area contributed by atoms with Gasteiger partial charge in [0.25, 0.3) is 0 Å². The maximum absolute atomic E-state index is 12.0. The van der Waals surface area contributed by atoms with Crippen LogP contribution in [0.2, 0.25) is 0 Å². The number of nitrogens with one attached hydrogen (secondary N) is 1. The molecule has 0 aromatic rings. The van der Waals surface area contributed by atoms with Crippen molar-refractivity contribution in [2.75, 3.05) is 24.6 Å². The van der Waals surface area contributed by atoms with E-state index in [9.17, 15) is 13.8 Å². The highest BCUT2D eigenvalue weighted by Crippen LogP contribution is 2.19. The first-order chi connectivity index (χ1) is 9.04. The normalized spacial score (nSPS) is 20.9. The van der Waals surface area contributed by atoms with Crippen molar-refractivity contribution in [3.8, 4) is 0 Å². The third kappa shape index (κ3) is 5.59. The monoisotopic (exact) mass is 290 g/mol. The zero-order valence-corrected chi connectivity index (χ0v) is 12.1. The molecule has 19 heavy (non-hydrogen) atoms. The van der Waals surface area contributed by atoms with Crippen molar-refractivity contribution in [1.82, 2.24) is 10.2 Å². The summed E-state index contributed by atoms with van der Waals surface area (Å²) in [5.41, 5.74) is 0. The predicted molar refractivity (Wildman–Crippen MR) is 73.5 cm³/mol. The Hall–Kier alpha value is -1.11.